The van der Waals surface area contributed by atoms with Crippen molar-refractivity contribution in [2.24, 2.45) is 29.6 Å². The Hall–Kier alpha value is -2.11. The van der Waals surface area contributed by atoms with Crippen LogP contribution in [-0.2, 0) is 4.74 Å². The van der Waals surface area contributed by atoms with E-state index in [0.717, 1.165) is 23.7 Å². The molecule has 1 N–H and O–H groups in total. The van der Waals surface area contributed by atoms with E-state index in [-0.39, 0.29) is 11.6 Å². The highest BCUT2D eigenvalue weighted by Gasteiger charge is 2.51. The highest BCUT2D eigenvalue weighted by Crippen LogP contribution is 2.60. The molecule has 0 aromatic heterocycles. The molecule has 3 fully saturated rings. The third-order valence-corrected chi connectivity index (χ3v) is 7.44. The van der Waals surface area contributed by atoms with Crippen LogP contribution in [0.15, 0.2) is 17.2 Å². The van der Waals surface area contributed by atoms with Crippen LogP contribution in [0.2, 0.25) is 0 Å². The van der Waals surface area contributed by atoms with Gasteiger partial charge in [-0.15, -0.1) is 0 Å². The minimum absolute atomic E-state index is 0.252. The van der Waals surface area contributed by atoms with Gasteiger partial charge in [-0.1, -0.05) is 0 Å². The van der Waals surface area contributed by atoms with Gasteiger partial charge in [-0.2, -0.15) is 5.10 Å². The fraction of sp³-hybridized carbons (Fsp3) is 0.650. The summed E-state index contributed by atoms with van der Waals surface area (Å²) < 4.78 is 7.00. The Morgan fingerprint density at radius 2 is 2.04 bits per heavy atom. The first-order valence-electron chi connectivity index (χ1n) is 9.75. The van der Waals surface area contributed by atoms with Gasteiger partial charge in [0.05, 0.1) is 12.7 Å². The summed E-state index contributed by atoms with van der Waals surface area (Å²) in [6, 6.07) is 0.258. The van der Waals surface area contributed by atoms with Gasteiger partial charge in [-0.25, -0.2) is 9.89 Å². The molecular formula is C20H25N3O3. The third kappa shape index (κ3) is 2.20. The zero-order valence-corrected chi connectivity index (χ0v) is 15.3. The minimum Gasteiger partial charge on any atom is -0.465 e. The van der Waals surface area contributed by atoms with Gasteiger partial charge in [-0.05, 0) is 68.6 Å². The van der Waals surface area contributed by atoms with Gasteiger partial charge in [0.2, 0.25) is 0 Å². The lowest BCUT2D eigenvalue weighted by atomic mass is 9.62. The average Bonchev–Trinajstić information content (AvgIpc) is 3.12. The molecule has 2 aliphatic heterocycles. The van der Waals surface area contributed by atoms with Gasteiger partial charge < -0.3 is 9.30 Å². The Bertz CT molecular complexity index is 885. The SMILES string of the molecule is COC(=O)c1cn([C@H](C)[C@H]2[C@H]3CC[C@H]4C[C@@H](C3)C[C@H]42)cc2c(=O)[nH]nc1-2. The average molecular weight is 355 g/mol. The summed E-state index contributed by atoms with van der Waals surface area (Å²) in [5, 5.41) is 6.49. The number of hydrogen-bond donors (Lipinski definition) is 1. The monoisotopic (exact) mass is 355 g/mol. The number of esters is 1. The molecule has 0 unspecified atom stereocenters. The van der Waals surface area contributed by atoms with E-state index < -0.39 is 5.97 Å². The van der Waals surface area contributed by atoms with Gasteiger partial charge in [0.25, 0.3) is 5.56 Å². The molecule has 5 aliphatic rings. The predicted octanol–water partition coefficient (Wildman–Crippen LogP) is 3.10. The van der Waals surface area contributed by atoms with Crippen molar-refractivity contribution in [3.05, 3.63) is 28.3 Å². The van der Waals surface area contributed by atoms with E-state index in [1.54, 1.807) is 0 Å². The van der Waals surface area contributed by atoms with E-state index in [2.05, 4.69) is 21.7 Å². The summed E-state index contributed by atoms with van der Waals surface area (Å²) >= 11 is 0. The Kier molecular flexibility index (Phi) is 3.52. The van der Waals surface area contributed by atoms with Crippen LogP contribution in [-0.4, -0.2) is 27.8 Å². The number of methoxy groups -OCH3 is 1. The second kappa shape index (κ2) is 5.69. The number of rotatable bonds is 3. The molecule has 0 saturated heterocycles. The van der Waals surface area contributed by atoms with Crippen LogP contribution < -0.4 is 5.56 Å². The normalized spacial score (nSPS) is 33.5. The molecular weight excluding hydrogens is 330 g/mol. The molecule has 0 spiro atoms. The van der Waals surface area contributed by atoms with E-state index in [4.69, 9.17) is 4.74 Å². The molecule has 3 aliphatic carbocycles. The second-order valence-electron chi connectivity index (χ2n) is 8.58. The third-order valence-electron chi connectivity index (χ3n) is 7.44. The Labute approximate surface area is 152 Å². The molecule has 5 rings (SSSR count). The van der Waals surface area contributed by atoms with E-state index in [1.165, 1.54) is 39.2 Å². The lowest BCUT2D eigenvalue weighted by molar-refractivity contribution is 0.0449. The number of H-pyrrole nitrogens is 1. The summed E-state index contributed by atoms with van der Waals surface area (Å²) in [7, 11) is 1.36. The number of aromatic amines is 1. The Morgan fingerprint density at radius 1 is 1.27 bits per heavy atom. The maximum atomic E-state index is 12.3. The van der Waals surface area contributed by atoms with Crippen molar-refractivity contribution in [3.8, 4) is 11.3 Å². The fourth-order valence-corrected chi connectivity index (χ4v) is 6.45. The first-order chi connectivity index (χ1) is 12.6. The maximum absolute atomic E-state index is 12.3. The highest BCUT2D eigenvalue weighted by molar-refractivity contribution is 5.95. The number of fused-ring (bicyclic) bond motifs is 3. The van der Waals surface area contributed by atoms with Crippen molar-refractivity contribution < 1.29 is 9.53 Å². The molecule has 26 heavy (non-hydrogen) atoms. The molecule has 138 valence electrons. The number of carbonyl (C=O) groups excluding carboxylic acids is 1. The number of nitrogens with one attached hydrogen (secondary N) is 1. The standard InChI is InChI=1S/C20H25N3O3/c1-10(17-13-4-3-12-5-11(6-13)7-14(12)17)23-8-15-18(21-22-19(15)24)16(9-23)20(25)26-2/h8-14,17H,3-7H2,1-2H3,(H,22,24)/t10-,11+,12+,13+,14-,17+/m1/s1. The van der Waals surface area contributed by atoms with Crippen LogP contribution in [0.5, 0.6) is 0 Å². The lowest BCUT2D eigenvalue weighted by Crippen LogP contribution is -2.39. The zero-order chi connectivity index (χ0) is 18.0. The summed E-state index contributed by atoms with van der Waals surface area (Å²) in [6.07, 6.45) is 10.5. The smallest absolute Gasteiger partial charge is 0.341 e. The van der Waals surface area contributed by atoms with Crippen molar-refractivity contribution >= 4 is 5.97 Å². The van der Waals surface area contributed by atoms with Crippen LogP contribution in [0.25, 0.3) is 11.3 Å². The molecule has 0 radical (unpaired) electrons. The first kappa shape index (κ1) is 16.1. The number of ether oxygens (including phenoxy) is 1. The zero-order valence-electron chi connectivity index (χ0n) is 15.3. The number of carbonyl (C=O) groups is 1. The van der Waals surface area contributed by atoms with Crippen molar-refractivity contribution in [1.29, 1.82) is 0 Å². The van der Waals surface area contributed by atoms with Crippen LogP contribution in [0.3, 0.4) is 0 Å². The van der Waals surface area contributed by atoms with E-state index in [9.17, 15) is 9.59 Å². The Morgan fingerprint density at radius 3 is 2.85 bits per heavy atom. The van der Waals surface area contributed by atoms with Gasteiger partial charge in [0.1, 0.15) is 11.3 Å². The van der Waals surface area contributed by atoms with Crippen LogP contribution >= 0.6 is 0 Å². The highest BCUT2D eigenvalue weighted by atomic mass is 16.5. The quantitative estimate of drug-likeness (QED) is 0.858. The molecule has 0 amide bonds. The fourth-order valence-electron chi connectivity index (χ4n) is 6.45. The van der Waals surface area contributed by atoms with Gasteiger partial charge in [0, 0.05) is 18.4 Å². The van der Waals surface area contributed by atoms with Gasteiger partial charge >= 0.3 is 5.97 Å². The molecule has 0 aromatic carbocycles. The summed E-state index contributed by atoms with van der Waals surface area (Å²) in [6.45, 7) is 2.25. The van der Waals surface area contributed by atoms with Crippen LogP contribution in [0.4, 0.5) is 0 Å². The Balaban J connectivity index is 1.58. The molecule has 2 heterocycles. The topological polar surface area (TPSA) is 77.0 Å². The number of hydrogen-bond acceptors (Lipinski definition) is 4. The van der Waals surface area contributed by atoms with Crippen LogP contribution in [0, 0.1) is 29.6 Å². The maximum Gasteiger partial charge on any atom is 0.341 e. The van der Waals surface area contributed by atoms with Gasteiger partial charge in [-0.3, -0.25) is 4.79 Å². The molecule has 0 aromatic rings. The van der Waals surface area contributed by atoms with Crippen molar-refractivity contribution in [3.63, 3.8) is 0 Å². The minimum atomic E-state index is -0.450. The van der Waals surface area contributed by atoms with Crippen molar-refractivity contribution in [2.75, 3.05) is 7.11 Å². The largest absolute Gasteiger partial charge is 0.465 e. The summed E-state index contributed by atoms with van der Waals surface area (Å²) in [5.74, 6) is 3.55. The van der Waals surface area contributed by atoms with E-state index in [1.807, 2.05) is 12.4 Å². The van der Waals surface area contributed by atoms with Crippen LogP contribution in [0.1, 0.15) is 55.4 Å². The second-order valence-corrected chi connectivity index (χ2v) is 8.58. The predicted molar refractivity (Wildman–Crippen MR) is 96.1 cm³/mol. The first-order valence-corrected chi connectivity index (χ1v) is 9.75. The number of aromatic nitrogens is 3. The van der Waals surface area contributed by atoms with Crippen molar-refractivity contribution in [1.82, 2.24) is 14.8 Å². The molecule has 3 bridgehead atoms. The van der Waals surface area contributed by atoms with E-state index in [0.29, 0.717) is 22.7 Å². The molecule has 6 heteroatoms. The summed E-state index contributed by atoms with van der Waals surface area (Å²) in [5.41, 5.74) is 0.972. The van der Waals surface area contributed by atoms with Crippen molar-refractivity contribution in [2.45, 2.75) is 45.1 Å². The van der Waals surface area contributed by atoms with Gasteiger partial charge in [0.15, 0.2) is 0 Å². The molecule has 3 saturated carbocycles. The molecule has 6 atom stereocenters. The summed E-state index contributed by atoms with van der Waals surface area (Å²) in [4.78, 5) is 24.4. The number of pyridine rings is 1. The van der Waals surface area contributed by atoms with E-state index >= 15 is 0 Å². The number of nitrogens with zero attached hydrogens (tertiary/aromatic N) is 2. The molecule has 6 nitrogen and oxygen atoms in total. The lowest BCUT2D eigenvalue weighted by Gasteiger charge is -2.46.